The number of benzene rings is 8. The number of nitrogens with zero attached hydrogens (tertiary/aromatic N) is 2. The third kappa shape index (κ3) is 4.99. The number of rotatable bonds is 5. The van der Waals surface area contributed by atoms with Crippen LogP contribution in [0.2, 0.25) is 0 Å². The van der Waals surface area contributed by atoms with Crippen molar-refractivity contribution >= 4 is 50.1 Å². The van der Waals surface area contributed by atoms with Crippen LogP contribution in [0, 0.1) is 0 Å². The Morgan fingerprint density at radius 1 is 0.390 bits per heavy atom. The highest BCUT2D eigenvalue weighted by molar-refractivity contribution is 6.10. The smallest absolute Gasteiger partial charge is 0.227 e. The lowest BCUT2D eigenvalue weighted by atomic mass is 9.82. The molecule has 0 fully saturated rings. The molecule has 2 aliphatic rings. The van der Waals surface area contributed by atoms with Gasteiger partial charge < -0.3 is 13.7 Å². The van der Waals surface area contributed by atoms with Crippen LogP contribution in [0.3, 0.4) is 0 Å². The van der Waals surface area contributed by atoms with Gasteiger partial charge in [-0.2, -0.15) is 0 Å². The second kappa shape index (κ2) is 12.2. The predicted octanol–water partition coefficient (Wildman–Crippen LogP) is 15.1. The summed E-state index contributed by atoms with van der Waals surface area (Å²) in [4.78, 5) is 7.27. The Bertz CT molecular complexity index is 3330. The molecule has 0 aliphatic heterocycles. The molecular weight excluding hydrogens is 721 g/mol. The first-order chi connectivity index (χ1) is 28.7. The van der Waals surface area contributed by atoms with E-state index in [4.69, 9.17) is 13.8 Å². The van der Waals surface area contributed by atoms with E-state index in [0.717, 1.165) is 61.2 Å². The summed E-state index contributed by atoms with van der Waals surface area (Å²) in [7, 11) is 0. The Kier molecular flexibility index (Phi) is 7.00. The van der Waals surface area contributed by atoms with Gasteiger partial charge >= 0.3 is 0 Å². The highest BCUT2D eigenvalue weighted by Crippen LogP contribution is 2.53. The number of anilines is 3. The van der Waals surface area contributed by atoms with Crippen molar-refractivity contribution in [3.8, 4) is 44.8 Å². The minimum atomic E-state index is -0.113. The molecule has 2 aliphatic carbocycles. The predicted molar refractivity (Wildman–Crippen MR) is 242 cm³/mol. The molecule has 0 saturated heterocycles. The van der Waals surface area contributed by atoms with E-state index in [0.29, 0.717) is 11.5 Å². The first-order valence-electron chi connectivity index (χ1n) is 20.4. The molecule has 0 spiro atoms. The molecule has 0 radical (unpaired) electrons. The number of fused-ring (bicyclic) bond motifs is 10. The molecule has 0 amide bonds. The third-order valence-corrected chi connectivity index (χ3v) is 13.1. The van der Waals surface area contributed by atoms with Crippen LogP contribution in [0.15, 0.2) is 179 Å². The van der Waals surface area contributed by atoms with Gasteiger partial charge in [-0.25, -0.2) is 4.98 Å². The molecule has 0 atom stereocenters. The number of furan rings is 1. The minimum Gasteiger partial charge on any atom is -0.456 e. The van der Waals surface area contributed by atoms with Crippen molar-refractivity contribution in [1.29, 1.82) is 0 Å². The number of hydrogen-bond donors (Lipinski definition) is 0. The molecule has 59 heavy (non-hydrogen) atoms. The number of oxazole rings is 1. The quantitative estimate of drug-likeness (QED) is 0.175. The summed E-state index contributed by atoms with van der Waals surface area (Å²) in [6, 6.07) is 61.3. The van der Waals surface area contributed by atoms with Crippen molar-refractivity contribution in [1.82, 2.24) is 4.98 Å². The zero-order chi connectivity index (χ0) is 39.6. The van der Waals surface area contributed by atoms with Gasteiger partial charge in [0.2, 0.25) is 5.89 Å². The summed E-state index contributed by atoms with van der Waals surface area (Å²) in [6.07, 6.45) is 0. The van der Waals surface area contributed by atoms with Crippen LogP contribution >= 0.6 is 0 Å². The van der Waals surface area contributed by atoms with Crippen LogP contribution in [0.4, 0.5) is 17.1 Å². The van der Waals surface area contributed by atoms with Crippen LogP contribution in [0.1, 0.15) is 49.9 Å². The molecule has 4 heteroatoms. The first kappa shape index (κ1) is 33.9. The molecule has 0 saturated carbocycles. The minimum absolute atomic E-state index is 0.0616. The normalized spacial score (nSPS) is 14.4. The van der Waals surface area contributed by atoms with E-state index in [1.807, 2.05) is 36.4 Å². The lowest BCUT2D eigenvalue weighted by Gasteiger charge is -2.29. The zero-order valence-corrected chi connectivity index (χ0v) is 33.4. The summed E-state index contributed by atoms with van der Waals surface area (Å²) in [5.74, 6) is 0.606. The second-order valence-electron chi connectivity index (χ2n) is 17.2. The van der Waals surface area contributed by atoms with Gasteiger partial charge in [-0.3, -0.25) is 0 Å². The SMILES string of the molecule is CC1(C)c2ccccc2-c2cc(N(c3ccc(-c4ccc5oc6cc7oc(-c8ccccc8)nc7cc6c5c4)cc3)c3ccc4c(c3)C(C)(C)c3ccccc3-4)ccc21. The van der Waals surface area contributed by atoms with Crippen molar-refractivity contribution in [3.05, 3.63) is 192 Å². The van der Waals surface area contributed by atoms with Crippen molar-refractivity contribution < 1.29 is 8.83 Å². The highest BCUT2D eigenvalue weighted by Gasteiger charge is 2.37. The molecule has 8 aromatic carbocycles. The number of hydrogen-bond acceptors (Lipinski definition) is 4. The Labute approximate surface area is 343 Å². The van der Waals surface area contributed by atoms with Gasteiger partial charge in [0.15, 0.2) is 5.58 Å². The van der Waals surface area contributed by atoms with E-state index in [1.165, 1.54) is 44.5 Å². The average Bonchev–Trinajstić information content (AvgIpc) is 3.97. The van der Waals surface area contributed by atoms with Gasteiger partial charge in [0, 0.05) is 50.3 Å². The molecule has 10 aromatic rings. The molecule has 0 unspecified atom stereocenters. The standard InChI is InChI=1S/C55H40N2O2/c1-54(2)46-17-11-9-15-40(46)42-29-37(24-26-47(42)54)57(38-23-25-41-39-14-8-10-16-45(39)55(3,4)48(41)30-38)36-21-18-33(19-22-36)35-20-27-50-43(28-35)44-31-49-52(32-51(44)58-50)59-53(56-49)34-12-6-5-7-13-34/h5-32H,1-4H3. The van der Waals surface area contributed by atoms with Crippen LogP contribution < -0.4 is 4.90 Å². The fourth-order valence-electron chi connectivity index (χ4n) is 10.0. The zero-order valence-electron chi connectivity index (χ0n) is 33.4. The maximum atomic E-state index is 6.35. The van der Waals surface area contributed by atoms with E-state index < -0.39 is 0 Å². The molecule has 282 valence electrons. The van der Waals surface area contributed by atoms with Crippen molar-refractivity contribution in [3.63, 3.8) is 0 Å². The molecule has 0 bridgehead atoms. The summed E-state index contributed by atoms with van der Waals surface area (Å²) >= 11 is 0. The van der Waals surface area contributed by atoms with Crippen LogP contribution in [-0.2, 0) is 10.8 Å². The van der Waals surface area contributed by atoms with E-state index in [1.54, 1.807) is 0 Å². The van der Waals surface area contributed by atoms with Crippen molar-refractivity contribution in [2.24, 2.45) is 0 Å². The maximum Gasteiger partial charge on any atom is 0.227 e. The summed E-state index contributed by atoms with van der Waals surface area (Å²) in [5.41, 5.74) is 20.3. The van der Waals surface area contributed by atoms with E-state index >= 15 is 0 Å². The fourth-order valence-corrected chi connectivity index (χ4v) is 10.0. The van der Waals surface area contributed by atoms with Crippen LogP contribution in [0.5, 0.6) is 0 Å². The topological polar surface area (TPSA) is 42.4 Å². The van der Waals surface area contributed by atoms with E-state index in [2.05, 4.69) is 166 Å². The summed E-state index contributed by atoms with van der Waals surface area (Å²) in [5, 5.41) is 2.07. The van der Waals surface area contributed by atoms with Gasteiger partial charge in [-0.15, -0.1) is 0 Å². The Balaban J connectivity index is 0.963. The molecule has 2 aromatic heterocycles. The number of aromatic nitrogens is 1. The summed E-state index contributed by atoms with van der Waals surface area (Å²) in [6.45, 7) is 9.39. The van der Waals surface area contributed by atoms with E-state index in [9.17, 15) is 0 Å². The third-order valence-electron chi connectivity index (χ3n) is 13.1. The molecule has 4 nitrogen and oxygen atoms in total. The molecule has 0 N–H and O–H groups in total. The Morgan fingerprint density at radius 3 is 1.76 bits per heavy atom. The average molecular weight is 761 g/mol. The molecule has 2 heterocycles. The largest absolute Gasteiger partial charge is 0.456 e. The van der Waals surface area contributed by atoms with Gasteiger partial charge in [-0.1, -0.05) is 125 Å². The lowest BCUT2D eigenvalue weighted by molar-refractivity contribution is 0.617. The summed E-state index contributed by atoms with van der Waals surface area (Å²) < 4.78 is 12.5. The van der Waals surface area contributed by atoms with E-state index in [-0.39, 0.29) is 10.8 Å². The monoisotopic (exact) mass is 760 g/mol. The molecular formula is C55H40N2O2. The van der Waals surface area contributed by atoms with Gasteiger partial charge in [0.25, 0.3) is 0 Å². The molecule has 12 rings (SSSR count). The van der Waals surface area contributed by atoms with Crippen molar-refractivity contribution in [2.45, 2.75) is 38.5 Å². The lowest BCUT2D eigenvalue weighted by Crippen LogP contribution is -2.17. The Hall–Kier alpha value is -7.17. The Morgan fingerprint density at radius 2 is 0.983 bits per heavy atom. The van der Waals surface area contributed by atoms with Crippen LogP contribution in [-0.4, -0.2) is 4.98 Å². The first-order valence-corrected chi connectivity index (χ1v) is 20.4. The van der Waals surface area contributed by atoms with Gasteiger partial charge in [0.1, 0.15) is 16.7 Å². The maximum absolute atomic E-state index is 6.35. The fraction of sp³-hybridized carbons (Fsp3) is 0.109. The van der Waals surface area contributed by atoms with Crippen molar-refractivity contribution in [2.75, 3.05) is 4.90 Å². The van der Waals surface area contributed by atoms with Gasteiger partial charge in [0.05, 0.1) is 0 Å². The van der Waals surface area contributed by atoms with Gasteiger partial charge in [-0.05, 0) is 122 Å². The second-order valence-corrected chi connectivity index (χ2v) is 17.2. The highest BCUT2D eigenvalue weighted by atomic mass is 16.4. The van der Waals surface area contributed by atoms with Crippen LogP contribution in [0.25, 0.3) is 77.9 Å².